The highest BCUT2D eigenvalue weighted by molar-refractivity contribution is 8.17. The zero-order chi connectivity index (χ0) is 17.3. The van der Waals surface area contributed by atoms with E-state index in [-0.39, 0.29) is 11.6 Å². The molecule has 1 fully saturated rings. The van der Waals surface area contributed by atoms with Gasteiger partial charge in [0.1, 0.15) is 0 Å². The lowest BCUT2D eigenvalue weighted by Gasteiger charge is -2.38. The summed E-state index contributed by atoms with van der Waals surface area (Å²) in [6.07, 6.45) is 5.35. The zero-order valence-corrected chi connectivity index (χ0v) is 16.0. The average molecular weight is 367 g/mol. The molecule has 0 radical (unpaired) electrons. The molecular formula is C19H26O3S2. The number of carbonyl (C=O) groups is 1. The van der Waals surface area contributed by atoms with Gasteiger partial charge < -0.3 is 9.47 Å². The Kier molecular flexibility index (Phi) is 8.22. The molecule has 1 aliphatic heterocycles. The number of esters is 1. The molecule has 3 nitrogen and oxygen atoms in total. The Bertz CT molecular complexity index is 527. The largest absolute Gasteiger partial charge is 0.463 e. The standard InChI is InChI=1S/C19H26O3S2/c1-3-21-17(20)11-7-12-19(2,18-23-13-8-14-24-18)22-15-16-9-5-4-6-10-16/h4-7,9-11,18H,3,8,12-15H2,1-2H3/b11-7+. The molecule has 1 aliphatic rings. The number of ether oxygens (including phenoxy) is 2. The quantitative estimate of drug-likeness (QED) is 0.493. The van der Waals surface area contributed by atoms with Crippen LogP contribution >= 0.6 is 23.5 Å². The number of hydrogen-bond donors (Lipinski definition) is 0. The summed E-state index contributed by atoms with van der Waals surface area (Å²) in [6.45, 7) is 4.96. The lowest BCUT2D eigenvalue weighted by Crippen LogP contribution is -2.39. The van der Waals surface area contributed by atoms with E-state index in [2.05, 4.69) is 19.1 Å². The number of thioether (sulfide) groups is 2. The summed E-state index contributed by atoms with van der Waals surface area (Å²) in [4.78, 5) is 11.5. The molecule has 0 bridgehead atoms. The van der Waals surface area contributed by atoms with Crippen molar-refractivity contribution in [2.24, 2.45) is 0 Å². The Morgan fingerprint density at radius 1 is 1.29 bits per heavy atom. The van der Waals surface area contributed by atoms with Crippen molar-refractivity contribution in [3.63, 3.8) is 0 Å². The lowest BCUT2D eigenvalue weighted by molar-refractivity contribution is -0.137. The molecule has 0 saturated carbocycles. The molecule has 1 saturated heterocycles. The first-order valence-electron chi connectivity index (χ1n) is 8.38. The minimum atomic E-state index is -0.311. The molecule has 0 spiro atoms. The van der Waals surface area contributed by atoms with Crippen LogP contribution < -0.4 is 0 Å². The van der Waals surface area contributed by atoms with Crippen molar-refractivity contribution in [3.8, 4) is 0 Å². The summed E-state index contributed by atoms with van der Waals surface area (Å²) < 4.78 is 11.7. The topological polar surface area (TPSA) is 35.5 Å². The van der Waals surface area contributed by atoms with Crippen molar-refractivity contribution in [2.75, 3.05) is 18.1 Å². The molecule has 24 heavy (non-hydrogen) atoms. The first kappa shape index (κ1) is 19.4. The molecular weight excluding hydrogens is 340 g/mol. The van der Waals surface area contributed by atoms with Crippen LogP contribution in [-0.4, -0.2) is 34.3 Å². The van der Waals surface area contributed by atoms with Gasteiger partial charge in [0.25, 0.3) is 0 Å². The van der Waals surface area contributed by atoms with E-state index >= 15 is 0 Å². The van der Waals surface area contributed by atoms with Crippen LogP contribution in [0.2, 0.25) is 0 Å². The van der Waals surface area contributed by atoms with Crippen molar-refractivity contribution >= 4 is 29.5 Å². The van der Waals surface area contributed by atoms with Gasteiger partial charge in [-0.2, -0.15) is 0 Å². The normalized spacial score (nSPS) is 18.4. The first-order chi connectivity index (χ1) is 11.6. The van der Waals surface area contributed by atoms with E-state index in [9.17, 15) is 4.79 Å². The van der Waals surface area contributed by atoms with E-state index < -0.39 is 0 Å². The molecule has 1 aromatic carbocycles. The lowest BCUT2D eigenvalue weighted by atomic mass is 10.0. The fourth-order valence-corrected chi connectivity index (χ4v) is 5.69. The third-order valence-electron chi connectivity index (χ3n) is 3.80. The predicted octanol–water partition coefficient (Wildman–Crippen LogP) is 4.67. The third-order valence-corrected chi connectivity index (χ3v) is 7.27. The molecule has 2 rings (SSSR count). The van der Waals surface area contributed by atoms with Crippen LogP contribution in [-0.2, 0) is 20.9 Å². The van der Waals surface area contributed by atoms with E-state index in [1.807, 2.05) is 54.7 Å². The maximum atomic E-state index is 11.5. The molecule has 0 aromatic heterocycles. The van der Waals surface area contributed by atoms with Gasteiger partial charge in [0.15, 0.2) is 0 Å². The van der Waals surface area contributed by atoms with Gasteiger partial charge in [0.2, 0.25) is 0 Å². The van der Waals surface area contributed by atoms with Gasteiger partial charge in [0, 0.05) is 6.08 Å². The van der Waals surface area contributed by atoms with Crippen molar-refractivity contribution in [2.45, 2.75) is 43.5 Å². The number of rotatable bonds is 8. The van der Waals surface area contributed by atoms with Crippen molar-refractivity contribution < 1.29 is 14.3 Å². The number of carbonyl (C=O) groups excluding carboxylic acids is 1. The molecule has 1 atom stereocenters. The maximum Gasteiger partial charge on any atom is 0.330 e. The second-order valence-corrected chi connectivity index (χ2v) is 8.60. The van der Waals surface area contributed by atoms with Crippen molar-refractivity contribution in [1.82, 2.24) is 0 Å². The van der Waals surface area contributed by atoms with E-state index in [1.165, 1.54) is 29.6 Å². The summed E-state index contributed by atoms with van der Waals surface area (Å²) in [7, 11) is 0. The molecule has 1 heterocycles. The minimum Gasteiger partial charge on any atom is -0.463 e. The zero-order valence-electron chi connectivity index (χ0n) is 14.4. The molecule has 1 unspecified atom stereocenters. The van der Waals surface area contributed by atoms with Crippen LogP contribution in [0.15, 0.2) is 42.5 Å². The highest BCUT2D eigenvalue weighted by Crippen LogP contribution is 2.42. The van der Waals surface area contributed by atoms with E-state index in [4.69, 9.17) is 9.47 Å². The van der Waals surface area contributed by atoms with Gasteiger partial charge in [-0.15, -0.1) is 23.5 Å². The molecule has 1 aromatic rings. The summed E-state index contributed by atoms with van der Waals surface area (Å²) >= 11 is 3.92. The first-order valence-corrected chi connectivity index (χ1v) is 10.5. The fourth-order valence-electron chi connectivity index (χ4n) is 2.47. The average Bonchev–Trinajstić information content (AvgIpc) is 2.62. The second kappa shape index (κ2) is 10.2. The second-order valence-electron chi connectivity index (χ2n) is 5.87. The summed E-state index contributed by atoms with van der Waals surface area (Å²) in [5.74, 6) is 2.06. The van der Waals surface area contributed by atoms with Gasteiger partial charge in [-0.3, -0.25) is 0 Å². The molecule has 0 aliphatic carbocycles. The highest BCUT2D eigenvalue weighted by Gasteiger charge is 2.36. The van der Waals surface area contributed by atoms with Gasteiger partial charge in [-0.05, 0) is 43.8 Å². The predicted molar refractivity (Wildman–Crippen MR) is 103 cm³/mol. The summed E-state index contributed by atoms with van der Waals surface area (Å²) in [5, 5.41) is 0. The van der Waals surface area contributed by atoms with Crippen molar-refractivity contribution in [3.05, 3.63) is 48.0 Å². The van der Waals surface area contributed by atoms with Crippen LogP contribution in [0.4, 0.5) is 0 Å². The van der Waals surface area contributed by atoms with Crippen LogP contribution in [0, 0.1) is 0 Å². The highest BCUT2D eigenvalue weighted by atomic mass is 32.2. The van der Waals surface area contributed by atoms with Crippen molar-refractivity contribution in [1.29, 1.82) is 0 Å². The van der Waals surface area contributed by atoms with Gasteiger partial charge in [-0.1, -0.05) is 36.4 Å². The summed E-state index contributed by atoms with van der Waals surface area (Å²) in [5.41, 5.74) is 0.859. The van der Waals surface area contributed by atoms with E-state index in [0.717, 1.165) is 0 Å². The number of hydrogen-bond acceptors (Lipinski definition) is 5. The van der Waals surface area contributed by atoms with Gasteiger partial charge in [-0.25, -0.2) is 4.79 Å². The van der Waals surface area contributed by atoms with Gasteiger partial charge >= 0.3 is 5.97 Å². The monoisotopic (exact) mass is 366 g/mol. The smallest absolute Gasteiger partial charge is 0.330 e. The van der Waals surface area contributed by atoms with E-state index in [0.29, 0.717) is 24.2 Å². The Balaban J connectivity index is 2.01. The maximum absolute atomic E-state index is 11.5. The molecule has 0 amide bonds. The Morgan fingerprint density at radius 3 is 2.67 bits per heavy atom. The molecule has 132 valence electrons. The van der Waals surface area contributed by atoms with Gasteiger partial charge in [0.05, 0.1) is 23.4 Å². The third kappa shape index (κ3) is 6.19. The van der Waals surface area contributed by atoms with Crippen LogP contribution in [0.5, 0.6) is 0 Å². The van der Waals surface area contributed by atoms with Crippen LogP contribution in [0.3, 0.4) is 0 Å². The molecule has 5 heteroatoms. The Hall–Kier alpha value is -0.910. The Morgan fingerprint density at radius 2 is 2.00 bits per heavy atom. The SMILES string of the molecule is CCOC(=O)/C=C/CC(C)(OCc1ccccc1)C1SCCCS1. The molecule has 0 N–H and O–H groups in total. The summed E-state index contributed by atoms with van der Waals surface area (Å²) in [6, 6.07) is 10.2. The van der Waals surface area contributed by atoms with Crippen LogP contribution in [0.25, 0.3) is 0 Å². The Labute approximate surface area is 153 Å². The fraction of sp³-hybridized carbons (Fsp3) is 0.526. The van der Waals surface area contributed by atoms with E-state index in [1.54, 1.807) is 0 Å². The van der Waals surface area contributed by atoms with Crippen LogP contribution in [0.1, 0.15) is 32.3 Å². The minimum absolute atomic E-state index is 0.285. The number of benzene rings is 1.